The highest BCUT2D eigenvalue weighted by Crippen LogP contribution is 2.56. The fourth-order valence-electron chi connectivity index (χ4n) is 3.04. The van der Waals surface area contributed by atoms with E-state index in [-0.39, 0.29) is 11.1 Å². The third-order valence-electron chi connectivity index (χ3n) is 4.32. The molecule has 0 aliphatic rings. The van der Waals surface area contributed by atoms with Crippen LogP contribution in [0.5, 0.6) is 0 Å². The van der Waals surface area contributed by atoms with Gasteiger partial charge in [0.25, 0.3) is 0 Å². The molecule has 0 aliphatic heterocycles. The zero-order valence-corrected chi connectivity index (χ0v) is 15.4. The molecule has 0 saturated carbocycles. The average molecular weight is 448 g/mol. The van der Waals surface area contributed by atoms with Crippen LogP contribution in [-0.4, -0.2) is 19.5 Å². The summed E-state index contributed by atoms with van der Waals surface area (Å²) in [5.74, 6) is 0. The number of methoxy groups -OCH3 is 1. The van der Waals surface area contributed by atoms with E-state index in [2.05, 4.69) is 0 Å². The third kappa shape index (κ3) is 4.26. The molecule has 0 amide bonds. The van der Waals surface area contributed by atoms with Gasteiger partial charge in [-0.3, -0.25) is 0 Å². The van der Waals surface area contributed by atoms with Crippen LogP contribution in [0.25, 0.3) is 11.1 Å². The first-order valence-corrected chi connectivity index (χ1v) is 8.17. The normalized spacial score (nSPS) is 13.6. The smallest absolute Gasteiger partial charge is 0.380 e. The van der Waals surface area contributed by atoms with Crippen LogP contribution in [0.15, 0.2) is 36.4 Å². The fourth-order valence-corrected chi connectivity index (χ4v) is 3.04. The summed E-state index contributed by atoms with van der Waals surface area (Å²) in [6, 6.07) is 3.89. The number of hydrogen-bond donors (Lipinski definition) is 0. The molecule has 11 heteroatoms. The largest absolute Gasteiger partial charge is 0.435 e. The molecule has 0 fully saturated rings. The number of alkyl halides is 10. The van der Waals surface area contributed by atoms with Crippen LogP contribution in [0.1, 0.15) is 22.3 Å². The minimum atomic E-state index is -6.38. The standard InChI is InChI=1S/C19H14F10O/c1-10-7-12(9-30-2)15(11-3-5-13(6-4-11)17(21,22)23)14(8-10)16(20,18(24,25)26)19(27,28)29/h3-8H,9H2,1-2H3. The van der Waals surface area contributed by atoms with E-state index in [9.17, 15) is 43.9 Å². The molecule has 0 N–H and O–H groups in total. The van der Waals surface area contributed by atoms with E-state index >= 15 is 0 Å². The van der Waals surface area contributed by atoms with Crippen molar-refractivity contribution in [2.45, 2.75) is 37.7 Å². The molecule has 0 unspecified atom stereocenters. The molecule has 0 heterocycles. The number of ether oxygens (including phenoxy) is 1. The molecule has 2 rings (SSSR count). The molecule has 2 aromatic carbocycles. The second-order valence-electron chi connectivity index (χ2n) is 6.51. The first-order chi connectivity index (χ1) is 13.5. The van der Waals surface area contributed by atoms with Gasteiger partial charge >= 0.3 is 24.2 Å². The number of benzene rings is 2. The second-order valence-corrected chi connectivity index (χ2v) is 6.51. The molecule has 0 saturated heterocycles. The van der Waals surface area contributed by atoms with Crippen LogP contribution >= 0.6 is 0 Å². The quantitative estimate of drug-likeness (QED) is 0.453. The minimum Gasteiger partial charge on any atom is -0.380 e. The Morgan fingerprint density at radius 1 is 0.767 bits per heavy atom. The Labute approximate surface area is 164 Å². The van der Waals surface area contributed by atoms with E-state index in [1.807, 2.05) is 0 Å². The Morgan fingerprint density at radius 3 is 1.67 bits per heavy atom. The van der Waals surface area contributed by atoms with Crippen LogP contribution in [0.2, 0.25) is 0 Å². The lowest BCUT2D eigenvalue weighted by molar-refractivity contribution is -0.348. The molecule has 1 nitrogen and oxygen atoms in total. The highest BCUT2D eigenvalue weighted by molar-refractivity contribution is 5.73. The summed E-state index contributed by atoms with van der Waals surface area (Å²) in [6.45, 7) is 0.656. The zero-order valence-electron chi connectivity index (χ0n) is 15.4. The summed E-state index contributed by atoms with van der Waals surface area (Å²) in [6.07, 6.45) is -17.6. The van der Waals surface area contributed by atoms with E-state index in [0.717, 1.165) is 14.0 Å². The Bertz CT molecular complexity index is 878. The van der Waals surface area contributed by atoms with Crippen LogP contribution in [0.3, 0.4) is 0 Å². The molecule has 166 valence electrons. The molecule has 2 aromatic rings. The van der Waals surface area contributed by atoms with E-state index in [4.69, 9.17) is 4.74 Å². The summed E-state index contributed by atoms with van der Waals surface area (Å²) < 4.78 is 138. The van der Waals surface area contributed by atoms with Crippen molar-refractivity contribution in [2.24, 2.45) is 0 Å². The van der Waals surface area contributed by atoms with Crippen molar-refractivity contribution in [2.75, 3.05) is 7.11 Å². The van der Waals surface area contributed by atoms with Gasteiger partial charge in [-0.2, -0.15) is 39.5 Å². The molecular formula is C19H14F10O. The summed E-state index contributed by atoms with van der Waals surface area (Å²) in [5.41, 5.74) is -10.4. The van der Waals surface area contributed by atoms with Crippen molar-refractivity contribution in [1.82, 2.24) is 0 Å². The highest BCUT2D eigenvalue weighted by Gasteiger charge is 2.74. The SMILES string of the molecule is COCc1cc(C)cc(C(F)(C(F)(F)F)C(F)(F)F)c1-c1ccc(C(F)(F)F)cc1. The van der Waals surface area contributed by atoms with Gasteiger partial charge in [-0.05, 0) is 35.7 Å². The molecule has 0 aromatic heterocycles. The van der Waals surface area contributed by atoms with Gasteiger partial charge in [0.15, 0.2) is 0 Å². The van der Waals surface area contributed by atoms with Gasteiger partial charge in [-0.1, -0.05) is 29.8 Å². The van der Waals surface area contributed by atoms with Crippen molar-refractivity contribution in [3.63, 3.8) is 0 Å². The summed E-state index contributed by atoms with van der Waals surface area (Å²) in [5, 5.41) is 0. The van der Waals surface area contributed by atoms with Gasteiger partial charge in [0.05, 0.1) is 12.2 Å². The van der Waals surface area contributed by atoms with Gasteiger partial charge in [0.2, 0.25) is 0 Å². The molecular weight excluding hydrogens is 434 g/mol. The predicted octanol–water partition coefficient (Wildman–Crippen LogP) is 7.12. The Kier molecular flexibility index (Phi) is 6.19. The lowest BCUT2D eigenvalue weighted by Gasteiger charge is -2.33. The Morgan fingerprint density at radius 2 is 1.27 bits per heavy atom. The van der Waals surface area contributed by atoms with Crippen molar-refractivity contribution < 1.29 is 48.6 Å². The van der Waals surface area contributed by atoms with Crippen LogP contribution in [-0.2, 0) is 23.2 Å². The lowest BCUT2D eigenvalue weighted by atomic mass is 9.83. The maximum Gasteiger partial charge on any atom is 0.435 e. The third-order valence-corrected chi connectivity index (χ3v) is 4.32. The summed E-state index contributed by atoms with van der Waals surface area (Å²) in [4.78, 5) is 0. The van der Waals surface area contributed by atoms with E-state index in [1.54, 1.807) is 0 Å². The molecule has 0 radical (unpaired) electrons. The van der Waals surface area contributed by atoms with E-state index in [0.29, 0.717) is 30.3 Å². The van der Waals surface area contributed by atoms with Crippen LogP contribution in [0, 0.1) is 6.92 Å². The number of halogens is 10. The fraction of sp³-hybridized carbons (Fsp3) is 0.368. The maximum absolute atomic E-state index is 14.9. The van der Waals surface area contributed by atoms with E-state index < -0.39 is 53.1 Å². The summed E-state index contributed by atoms with van der Waals surface area (Å²) in [7, 11) is 1.11. The molecule has 30 heavy (non-hydrogen) atoms. The number of hydrogen-bond acceptors (Lipinski definition) is 1. The zero-order chi connectivity index (χ0) is 23.1. The molecule has 0 bridgehead atoms. The first-order valence-electron chi connectivity index (χ1n) is 8.17. The number of aryl methyl sites for hydroxylation is 1. The van der Waals surface area contributed by atoms with Crippen molar-refractivity contribution in [1.29, 1.82) is 0 Å². The summed E-state index contributed by atoms with van der Waals surface area (Å²) >= 11 is 0. The Balaban J connectivity index is 2.92. The van der Waals surface area contributed by atoms with Crippen LogP contribution < -0.4 is 0 Å². The average Bonchev–Trinajstić information content (AvgIpc) is 2.58. The van der Waals surface area contributed by atoms with Gasteiger partial charge < -0.3 is 4.74 Å². The molecule has 0 aliphatic carbocycles. The van der Waals surface area contributed by atoms with Crippen LogP contribution in [0.4, 0.5) is 43.9 Å². The highest BCUT2D eigenvalue weighted by atomic mass is 19.4. The molecule has 0 spiro atoms. The lowest BCUT2D eigenvalue weighted by Crippen LogP contribution is -2.50. The Hall–Kier alpha value is -2.30. The monoisotopic (exact) mass is 448 g/mol. The first kappa shape index (κ1) is 24.0. The number of rotatable bonds is 4. The van der Waals surface area contributed by atoms with Gasteiger partial charge in [-0.25, -0.2) is 4.39 Å². The van der Waals surface area contributed by atoms with Crippen molar-refractivity contribution in [3.8, 4) is 11.1 Å². The minimum absolute atomic E-state index is 0.122. The van der Waals surface area contributed by atoms with Gasteiger partial charge in [-0.15, -0.1) is 0 Å². The van der Waals surface area contributed by atoms with Gasteiger partial charge in [0.1, 0.15) is 0 Å². The van der Waals surface area contributed by atoms with Crippen molar-refractivity contribution >= 4 is 0 Å². The van der Waals surface area contributed by atoms with E-state index in [1.165, 1.54) is 6.07 Å². The predicted molar refractivity (Wildman–Crippen MR) is 87.2 cm³/mol. The van der Waals surface area contributed by atoms with Crippen molar-refractivity contribution in [3.05, 3.63) is 58.7 Å². The molecule has 0 atom stereocenters. The second kappa shape index (κ2) is 7.75. The topological polar surface area (TPSA) is 9.23 Å². The maximum atomic E-state index is 14.9. The van der Waals surface area contributed by atoms with Gasteiger partial charge in [0, 0.05) is 12.7 Å².